The second kappa shape index (κ2) is 32.7. The molecule has 0 heterocycles. The molecule has 0 aliphatic heterocycles. The van der Waals surface area contributed by atoms with Crippen LogP contribution in [0.2, 0.25) is 0 Å². The highest BCUT2D eigenvalue weighted by Gasteiger charge is 2.18. The average Bonchev–Trinajstić information content (AvgIpc) is 2.93. The maximum Gasteiger partial charge on any atom is 0.306 e. The quantitative estimate of drug-likeness (QED) is 0.0621. The molecular weight excluding hydrogens is 684 g/mol. The van der Waals surface area contributed by atoms with E-state index in [1.54, 1.807) is 0 Å². The lowest BCUT2D eigenvalue weighted by atomic mass is 10.1. The molecule has 0 bridgehead atoms. The Labute approximate surface area is 295 Å². The van der Waals surface area contributed by atoms with Crippen LogP contribution < -0.4 is 34.0 Å². The smallest absolute Gasteiger partial charge is 0.306 e. The summed E-state index contributed by atoms with van der Waals surface area (Å²) in [5.41, 5.74) is 0. The number of rotatable bonds is 31. The lowest BCUT2D eigenvalue weighted by Gasteiger charge is -2.29. The van der Waals surface area contributed by atoms with Crippen LogP contribution in [0.25, 0.3) is 0 Å². The van der Waals surface area contributed by atoms with Crippen LogP contribution in [0.5, 0.6) is 0 Å². The van der Waals surface area contributed by atoms with Gasteiger partial charge < -0.3 is 52.4 Å². The number of hydrogen-bond acceptors (Lipinski definition) is 4. The minimum Gasteiger partial charge on any atom is -1.00 e. The molecule has 6 nitrogen and oxygen atoms in total. The number of esters is 2. The van der Waals surface area contributed by atoms with E-state index in [1.165, 1.54) is 128 Å². The molecule has 0 N–H and O–H groups in total. The summed E-state index contributed by atoms with van der Waals surface area (Å²) >= 11 is 0. The highest BCUT2D eigenvalue weighted by molar-refractivity contribution is 5.77. The number of hydrogen-bond donors (Lipinski definition) is 0. The van der Waals surface area contributed by atoms with Crippen LogP contribution in [0.15, 0.2) is 0 Å². The fraction of sp³-hybridized carbons (Fsp3) is 0.944. The molecule has 0 aliphatic carbocycles. The van der Waals surface area contributed by atoms with Gasteiger partial charge in [0.25, 0.3) is 0 Å². The summed E-state index contributed by atoms with van der Waals surface area (Å²) < 4.78 is 12.6. The van der Waals surface area contributed by atoms with E-state index >= 15 is 0 Å². The van der Waals surface area contributed by atoms with Gasteiger partial charge in [0.15, 0.2) is 0 Å². The molecule has 0 saturated heterocycles. The predicted octanol–water partition coefficient (Wildman–Crippen LogP) is 2.86. The molecule has 44 heavy (non-hydrogen) atoms. The lowest BCUT2D eigenvalue weighted by molar-refractivity contribution is -0.890. The van der Waals surface area contributed by atoms with E-state index in [0.717, 1.165) is 35.1 Å². The van der Waals surface area contributed by atoms with Gasteiger partial charge in [0.05, 0.1) is 54.1 Å². The number of ether oxygens (including phenoxy) is 2. The van der Waals surface area contributed by atoms with Crippen LogP contribution in [0.1, 0.15) is 155 Å². The van der Waals surface area contributed by atoms with Gasteiger partial charge >= 0.3 is 11.9 Å². The van der Waals surface area contributed by atoms with Gasteiger partial charge in [-0.25, -0.2) is 0 Å². The first-order chi connectivity index (χ1) is 20.1. The van der Waals surface area contributed by atoms with Crippen molar-refractivity contribution in [3.05, 3.63) is 0 Å². The van der Waals surface area contributed by atoms with Gasteiger partial charge in [0.1, 0.15) is 26.3 Å². The summed E-state index contributed by atoms with van der Waals surface area (Å²) in [4.78, 5) is 24.3. The van der Waals surface area contributed by atoms with E-state index < -0.39 is 0 Å². The molecule has 0 aliphatic rings. The summed E-state index contributed by atoms with van der Waals surface area (Å²) in [5, 5.41) is 0. The zero-order valence-corrected chi connectivity index (χ0v) is 33.3. The van der Waals surface area contributed by atoms with E-state index in [0.29, 0.717) is 13.2 Å². The first-order valence-corrected chi connectivity index (χ1v) is 18.1. The van der Waals surface area contributed by atoms with Crippen LogP contribution in [-0.4, -0.2) is 88.5 Å². The highest BCUT2D eigenvalue weighted by Crippen LogP contribution is 2.13. The largest absolute Gasteiger partial charge is 1.00 e. The van der Waals surface area contributed by atoms with E-state index in [9.17, 15) is 9.59 Å². The first-order valence-electron chi connectivity index (χ1n) is 18.1. The molecule has 266 valence electrons. The topological polar surface area (TPSA) is 52.6 Å². The molecule has 0 radical (unpaired) electrons. The Bertz CT molecular complexity index is 594. The maximum absolute atomic E-state index is 12.1. The van der Waals surface area contributed by atoms with Crippen LogP contribution in [-0.2, 0) is 19.1 Å². The third-order valence-electron chi connectivity index (χ3n) is 8.69. The standard InChI is InChI=1S/C36H74N2O4.2BrH/c1-7-9-11-13-15-17-19-21-23-25-29-37(3,4)31-33-41-35(39)27-28-36(40)42-34-32-38(5,6)30-26-24-22-20-18-16-14-12-10-8-2;;/h7-34H2,1-6H3;2*1H/q+2;;/p-2. The van der Waals surface area contributed by atoms with Crippen LogP contribution in [0.4, 0.5) is 0 Å². The molecule has 0 aromatic rings. The minimum atomic E-state index is -0.303. The van der Waals surface area contributed by atoms with Gasteiger partial charge in [-0.3, -0.25) is 9.59 Å². The molecule has 0 spiro atoms. The lowest BCUT2D eigenvalue weighted by Crippen LogP contribution is -3.00. The summed E-state index contributed by atoms with van der Waals surface area (Å²) in [5.74, 6) is -0.606. The second-order valence-corrected chi connectivity index (χ2v) is 14.1. The monoisotopic (exact) mass is 756 g/mol. The van der Waals surface area contributed by atoms with E-state index in [1.807, 2.05) is 0 Å². The molecule has 0 amide bonds. The Balaban J connectivity index is -0.00000840. The predicted molar refractivity (Wildman–Crippen MR) is 179 cm³/mol. The number of nitrogens with zero attached hydrogens (tertiary/aromatic N) is 2. The van der Waals surface area contributed by atoms with Gasteiger partial charge in [0.2, 0.25) is 0 Å². The van der Waals surface area contributed by atoms with Gasteiger partial charge in [-0.2, -0.15) is 0 Å². The average molecular weight is 759 g/mol. The van der Waals surface area contributed by atoms with Gasteiger partial charge in [0, 0.05) is 0 Å². The van der Waals surface area contributed by atoms with Crippen molar-refractivity contribution in [3.8, 4) is 0 Å². The Kier molecular flexibility index (Phi) is 35.9. The summed E-state index contributed by atoms with van der Waals surface area (Å²) in [6.07, 6.45) is 27.1. The fourth-order valence-electron chi connectivity index (χ4n) is 5.44. The van der Waals surface area contributed by atoms with Crippen molar-refractivity contribution in [2.75, 3.05) is 67.6 Å². The Morgan fingerprint density at radius 3 is 0.932 bits per heavy atom. The zero-order valence-electron chi connectivity index (χ0n) is 30.1. The third kappa shape index (κ3) is 34.7. The van der Waals surface area contributed by atoms with Gasteiger partial charge in [-0.1, -0.05) is 117 Å². The van der Waals surface area contributed by atoms with E-state index in [2.05, 4.69) is 42.0 Å². The number of carbonyl (C=O) groups is 2. The van der Waals surface area contributed by atoms with Gasteiger partial charge in [-0.15, -0.1) is 0 Å². The van der Waals surface area contributed by atoms with Gasteiger partial charge in [-0.05, 0) is 25.7 Å². The molecule has 0 saturated carbocycles. The summed E-state index contributed by atoms with van der Waals surface area (Å²) in [6, 6.07) is 0. The van der Waals surface area contributed by atoms with Crippen molar-refractivity contribution in [1.82, 2.24) is 0 Å². The zero-order chi connectivity index (χ0) is 31.4. The molecule has 0 fully saturated rings. The molecular formula is C36H74Br2N2O4. The SMILES string of the molecule is CCCCCCCCCCCC[N+](C)(C)CCOC(=O)CCC(=O)OCC[N+](C)(C)CCCCCCCCCCCC.[Br-].[Br-]. The normalized spacial score (nSPS) is 11.5. The molecule has 0 aromatic heterocycles. The van der Waals surface area contributed by atoms with Crippen molar-refractivity contribution >= 4 is 11.9 Å². The molecule has 8 heteroatoms. The van der Waals surface area contributed by atoms with E-state index in [4.69, 9.17) is 9.47 Å². The molecule has 0 atom stereocenters. The second-order valence-electron chi connectivity index (χ2n) is 14.1. The summed E-state index contributed by atoms with van der Waals surface area (Å²) in [7, 11) is 8.82. The van der Waals surface area contributed by atoms with Crippen LogP contribution in [0, 0.1) is 0 Å². The Hall–Kier alpha value is -0.180. The Morgan fingerprint density at radius 1 is 0.409 bits per heavy atom. The number of halogens is 2. The first kappa shape index (κ1) is 48.2. The highest BCUT2D eigenvalue weighted by atomic mass is 79.9. The Morgan fingerprint density at radius 2 is 0.659 bits per heavy atom. The van der Waals surface area contributed by atoms with Crippen molar-refractivity contribution in [3.63, 3.8) is 0 Å². The molecule has 0 unspecified atom stereocenters. The van der Waals surface area contributed by atoms with Crippen molar-refractivity contribution in [2.45, 2.75) is 155 Å². The van der Waals surface area contributed by atoms with E-state index in [-0.39, 0.29) is 58.7 Å². The maximum atomic E-state index is 12.1. The molecule has 0 aromatic carbocycles. The minimum absolute atomic E-state index is 0. The van der Waals surface area contributed by atoms with Crippen molar-refractivity contribution in [2.24, 2.45) is 0 Å². The molecule has 0 rings (SSSR count). The fourth-order valence-corrected chi connectivity index (χ4v) is 5.44. The number of carbonyl (C=O) groups excluding carboxylic acids is 2. The van der Waals surface area contributed by atoms with Crippen molar-refractivity contribution in [1.29, 1.82) is 0 Å². The number of likely N-dealkylation sites (N-methyl/N-ethyl adjacent to an activating group) is 2. The number of quaternary nitrogens is 2. The summed E-state index contributed by atoms with van der Waals surface area (Å²) in [6.45, 7) is 9.17. The third-order valence-corrected chi connectivity index (χ3v) is 8.69. The van der Waals surface area contributed by atoms with Crippen LogP contribution in [0.3, 0.4) is 0 Å². The van der Waals surface area contributed by atoms with Crippen LogP contribution >= 0.6 is 0 Å². The van der Waals surface area contributed by atoms with Crippen molar-refractivity contribution < 1.29 is 62.0 Å². The number of unbranched alkanes of at least 4 members (excludes halogenated alkanes) is 18.